The Bertz CT molecular complexity index is 859. The quantitative estimate of drug-likeness (QED) is 0.920. The highest BCUT2D eigenvalue weighted by atomic mass is 16.5. The van der Waals surface area contributed by atoms with Crippen LogP contribution in [0.5, 0.6) is 5.75 Å². The predicted molar refractivity (Wildman–Crippen MR) is 98.4 cm³/mol. The van der Waals surface area contributed by atoms with Crippen molar-refractivity contribution in [3.63, 3.8) is 0 Å². The Balaban J connectivity index is 1.41. The summed E-state index contributed by atoms with van der Waals surface area (Å²) in [7, 11) is 1.64. The first-order valence-electron chi connectivity index (χ1n) is 8.99. The molecule has 3 heterocycles. The summed E-state index contributed by atoms with van der Waals surface area (Å²) in [4.78, 5) is 26.6. The average molecular weight is 353 g/mol. The molecular weight excluding hydrogens is 330 g/mol. The smallest absolute Gasteiger partial charge is 0.317 e. The van der Waals surface area contributed by atoms with Crippen LogP contribution >= 0.6 is 0 Å². The standard InChI is InChI=1S/C20H23N3O3/c1-26-17-7-5-14(6-8-17)10-21-20(25)22-11-15-9-16(13-22)18-3-2-4-19(24)23(18)12-15/h2-8,15-16H,9-13H2,1H3,(H,21,25)/t15-,16-/m0/s1. The summed E-state index contributed by atoms with van der Waals surface area (Å²) in [6.07, 6.45) is 1.05. The molecule has 2 amide bonds. The fraction of sp³-hybridized carbons (Fsp3) is 0.400. The first-order valence-corrected chi connectivity index (χ1v) is 8.99. The first kappa shape index (κ1) is 16.7. The zero-order valence-electron chi connectivity index (χ0n) is 14.9. The Hall–Kier alpha value is -2.76. The van der Waals surface area contributed by atoms with E-state index in [1.165, 1.54) is 0 Å². The van der Waals surface area contributed by atoms with Gasteiger partial charge in [-0.2, -0.15) is 0 Å². The molecule has 1 aromatic heterocycles. The molecule has 2 aromatic rings. The van der Waals surface area contributed by atoms with Crippen LogP contribution in [0.25, 0.3) is 0 Å². The van der Waals surface area contributed by atoms with Crippen molar-refractivity contribution in [1.82, 2.24) is 14.8 Å². The van der Waals surface area contributed by atoms with E-state index in [4.69, 9.17) is 4.74 Å². The molecule has 2 aliphatic heterocycles. The number of piperidine rings is 1. The van der Waals surface area contributed by atoms with Gasteiger partial charge in [-0.05, 0) is 36.1 Å². The lowest BCUT2D eigenvalue weighted by atomic mass is 9.83. The fourth-order valence-electron chi connectivity index (χ4n) is 4.10. The van der Waals surface area contributed by atoms with E-state index in [2.05, 4.69) is 5.32 Å². The third-order valence-corrected chi connectivity index (χ3v) is 5.37. The first-order chi connectivity index (χ1) is 12.6. The van der Waals surface area contributed by atoms with Gasteiger partial charge in [0.25, 0.3) is 5.56 Å². The van der Waals surface area contributed by atoms with Crippen LogP contribution in [0.3, 0.4) is 0 Å². The third kappa shape index (κ3) is 3.19. The topological polar surface area (TPSA) is 63.6 Å². The molecule has 0 aliphatic carbocycles. The molecule has 6 heteroatoms. The Morgan fingerprint density at radius 1 is 1.15 bits per heavy atom. The van der Waals surface area contributed by atoms with Gasteiger partial charge < -0.3 is 19.5 Å². The van der Waals surface area contributed by atoms with Gasteiger partial charge in [-0.25, -0.2) is 4.79 Å². The van der Waals surface area contributed by atoms with Crippen LogP contribution in [-0.4, -0.2) is 35.7 Å². The molecular formula is C20H23N3O3. The number of ether oxygens (including phenoxy) is 1. The second kappa shape index (κ2) is 6.86. The maximum absolute atomic E-state index is 12.6. The highest BCUT2D eigenvalue weighted by Crippen LogP contribution is 2.34. The highest BCUT2D eigenvalue weighted by molar-refractivity contribution is 5.74. The monoisotopic (exact) mass is 353 g/mol. The van der Waals surface area contributed by atoms with Crippen LogP contribution in [-0.2, 0) is 13.1 Å². The number of pyridine rings is 1. The van der Waals surface area contributed by atoms with Crippen molar-refractivity contribution < 1.29 is 9.53 Å². The number of carbonyl (C=O) groups excluding carboxylic acids is 1. The molecule has 26 heavy (non-hydrogen) atoms. The minimum absolute atomic E-state index is 0.0396. The number of likely N-dealkylation sites (tertiary alicyclic amines) is 1. The van der Waals surface area contributed by atoms with Crippen molar-refractivity contribution >= 4 is 6.03 Å². The molecule has 2 aliphatic rings. The zero-order valence-corrected chi connectivity index (χ0v) is 14.9. The normalized spacial score (nSPS) is 21.0. The molecule has 136 valence electrons. The van der Waals surface area contributed by atoms with E-state index in [-0.39, 0.29) is 17.5 Å². The molecule has 2 atom stereocenters. The van der Waals surface area contributed by atoms with Gasteiger partial charge in [-0.3, -0.25) is 4.79 Å². The number of fused-ring (bicyclic) bond motifs is 4. The van der Waals surface area contributed by atoms with Gasteiger partial charge in [0.1, 0.15) is 5.75 Å². The minimum atomic E-state index is -0.0396. The number of hydrogen-bond acceptors (Lipinski definition) is 3. The Labute approximate surface area is 152 Å². The Morgan fingerprint density at radius 3 is 2.73 bits per heavy atom. The number of nitrogens with one attached hydrogen (secondary N) is 1. The number of rotatable bonds is 3. The Kier molecular flexibility index (Phi) is 4.41. The lowest BCUT2D eigenvalue weighted by Crippen LogP contribution is -2.51. The van der Waals surface area contributed by atoms with Crippen LogP contribution in [0.1, 0.15) is 23.6 Å². The number of methoxy groups -OCH3 is 1. The second-order valence-electron chi connectivity index (χ2n) is 7.11. The van der Waals surface area contributed by atoms with E-state index >= 15 is 0 Å². The van der Waals surface area contributed by atoms with Gasteiger partial charge in [-0.15, -0.1) is 0 Å². The van der Waals surface area contributed by atoms with E-state index in [1.807, 2.05) is 45.9 Å². The number of carbonyl (C=O) groups is 1. The van der Waals surface area contributed by atoms with Gasteiger partial charge in [-0.1, -0.05) is 18.2 Å². The van der Waals surface area contributed by atoms with Crippen molar-refractivity contribution in [1.29, 1.82) is 0 Å². The molecule has 0 unspecified atom stereocenters. The maximum atomic E-state index is 12.6. The molecule has 6 nitrogen and oxygen atoms in total. The van der Waals surface area contributed by atoms with Crippen molar-refractivity contribution in [3.8, 4) is 5.75 Å². The zero-order chi connectivity index (χ0) is 18.1. The molecule has 2 bridgehead atoms. The molecule has 1 aromatic carbocycles. The van der Waals surface area contributed by atoms with E-state index in [0.717, 1.165) is 23.4 Å². The lowest BCUT2D eigenvalue weighted by Gasteiger charge is -2.42. The van der Waals surface area contributed by atoms with Crippen LogP contribution < -0.4 is 15.6 Å². The summed E-state index contributed by atoms with van der Waals surface area (Å²) in [6.45, 7) is 2.55. The number of hydrogen-bond donors (Lipinski definition) is 1. The largest absolute Gasteiger partial charge is 0.497 e. The van der Waals surface area contributed by atoms with E-state index < -0.39 is 0 Å². The average Bonchev–Trinajstić information content (AvgIpc) is 2.67. The van der Waals surface area contributed by atoms with Gasteiger partial charge in [0, 0.05) is 43.9 Å². The summed E-state index contributed by atoms with van der Waals surface area (Å²) >= 11 is 0. The van der Waals surface area contributed by atoms with Crippen LogP contribution in [0.2, 0.25) is 0 Å². The second-order valence-corrected chi connectivity index (χ2v) is 7.11. The Morgan fingerprint density at radius 2 is 1.96 bits per heavy atom. The minimum Gasteiger partial charge on any atom is -0.497 e. The van der Waals surface area contributed by atoms with Crippen molar-refractivity contribution in [3.05, 3.63) is 64.1 Å². The summed E-state index contributed by atoms with van der Waals surface area (Å²) in [5.41, 5.74) is 2.16. The third-order valence-electron chi connectivity index (χ3n) is 5.37. The molecule has 1 N–H and O–H groups in total. The summed E-state index contributed by atoms with van der Waals surface area (Å²) in [5, 5.41) is 3.01. The van der Waals surface area contributed by atoms with Gasteiger partial charge in [0.05, 0.1) is 7.11 Å². The molecule has 1 fully saturated rings. The number of aromatic nitrogens is 1. The number of nitrogens with zero attached hydrogens (tertiary/aromatic N) is 2. The van der Waals surface area contributed by atoms with E-state index in [1.54, 1.807) is 13.2 Å². The number of benzene rings is 1. The van der Waals surface area contributed by atoms with Crippen molar-refractivity contribution in [2.24, 2.45) is 5.92 Å². The van der Waals surface area contributed by atoms with Crippen LogP contribution in [0.4, 0.5) is 4.79 Å². The van der Waals surface area contributed by atoms with Gasteiger partial charge >= 0.3 is 6.03 Å². The summed E-state index contributed by atoms with van der Waals surface area (Å²) in [5.74, 6) is 1.38. The number of urea groups is 1. The predicted octanol–water partition coefficient (Wildman–Crippen LogP) is 2.19. The summed E-state index contributed by atoms with van der Waals surface area (Å²) in [6, 6.07) is 13.1. The van der Waals surface area contributed by atoms with Crippen LogP contribution in [0, 0.1) is 5.92 Å². The highest BCUT2D eigenvalue weighted by Gasteiger charge is 2.36. The van der Waals surface area contributed by atoms with Crippen molar-refractivity contribution in [2.45, 2.75) is 25.4 Å². The molecule has 4 rings (SSSR count). The van der Waals surface area contributed by atoms with Crippen LogP contribution in [0.15, 0.2) is 47.3 Å². The van der Waals surface area contributed by atoms with E-state index in [9.17, 15) is 9.59 Å². The number of amides is 2. The SMILES string of the molecule is COc1ccc(CNC(=O)N2C[C@@H]3C[C@@H](C2)c2cccc(=O)n2C3)cc1. The van der Waals surface area contributed by atoms with Crippen molar-refractivity contribution in [2.75, 3.05) is 20.2 Å². The molecule has 0 saturated carbocycles. The molecule has 0 spiro atoms. The van der Waals surface area contributed by atoms with Gasteiger partial charge in [0.2, 0.25) is 0 Å². The summed E-state index contributed by atoms with van der Waals surface area (Å²) < 4.78 is 7.03. The van der Waals surface area contributed by atoms with E-state index in [0.29, 0.717) is 32.1 Å². The lowest BCUT2D eigenvalue weighted by molar-refractivity contribution is 0.131. The molecule has 1 saturated heterocycles. The maximum Gasteiger partial charge on any atom is 0.317 e. The molecule has 0 radical (unpaired) electrons. The van der Waals surface area contributed by atoms with Gasteiger partial charge in [0.15, 0.2) is 0 Å². The fourth-order valence-corrected chi connectivity index (χ4v) is 4.10.